The van der Waals surface area contributed by atoms with E-state index < -0.39 is 0 Å². The third-order valence-electron chi connectivity index (χ3n) is 3.67. The molecule has 0 unspecified atom stereocenters. The highest BCUT2D eigenvalue weighted by molar-refractivity contribution is 5.95. The van der Waals surface area contributed by atoms with Gasteiger partial charge in [-0.1, -0.05) is 0 Å². The van der Waals surface area contributed by atoms with Gasteiger partial charge in [0.15, 0.2) is 0 Å². The van der Waals surface area contributed by atoms with Crippen molar-refractivity contribution in [1.82, 2.24) is 9.88 Å². The molecule has 1 aromatic heterocycles. The van der Waals surface area contributed by atoms with Gasteiger partial charge in [0.05, 0.1) is 6.10 Å². The van der Waals surface area contributed by atoms with E-state index in [2.05, 4.69) is 4.98 Å². The molecule has 1 saturated carbocycles. The highest BCUT2D eigenvalue weighted by Gasteiger charge is 2.30. The lowest BCUT2D eigenvalue weighted by Gasteiger charge is -2.34. The molecule has 5 nitrogen and oxygen atoms in total. The van der Waals surface area contributed by atoms with Crippen LogP contribution in [0.1, 0.15) is 34.5 Å². The summed E-state index contributed by atoms with van der Waals surface area (Å²) in [6.45, 7) is 4.15. The highest BCUT2D eigenvalue weighted by atomic mass is 16.3. The normalized spacial score (nSPS) is 21.9. The number of aromatic amines is 1. The summed E-state index contributed by atoms with van der Waals surface area (Å²) < 4.78 is 0. The zero-order valence-corrected chi connectivity index (χ0v) is 11.6. The predicted octanol–water partition coefficient (Wildman–Crippen LogP) is 0.835. The van der Waals surface area contributed by atoms with Crippen molar-refractivity contribution in [3.05, 3.63) is 33.2 Å². The third kappa shape index (κ3) is 2.87. The number of hydrogen-bond donors (Lipinski definition) is 2. The molecule has 0 bridgehead atoms. The molecule has 19 heavy (non-hydrogen) atoms. The number of hydrogen-bond acceptors (Lipinski definition) is 3. The summed E-state index contributed by atoms with van der Waals surface area (Å²) in [4.78, 5) is 28.4. The first kappa shape index (κ1) is 13.8. The molecule has 1 aromatic rings. The lowest BCUT2D eigenvalue weighted by atomic mass is 9.82. The summed E-state index contributed by atoms with van der Waals surface area (Å²) in [5.41, 5.74) is 1.34. The average molecular weight is 264 g/mol. The maximum Gasteiger partial charge on any atom is 0.261 e. The Kier molecular flexibility index (Phi) is 3.75. The Morgan fingerprint density at radius 1 is 1.47 bits per heavy atom. The Balaban J connectivity index is 2.13. The second-order valence-corrected chi connectivity index (χ2v) is 5.52. The molecule has 104 valence electrons. The molecule has 1 heterocycles. The number of amides is 1. The average Bonchev–Trinajstić information content (AvgIpc) is 2.25. The molecule has 1 aliphatic carbocycles. The summed E-state index contributed by atoms with van der Waals surface area (Å²) in [6.07, 6.45) is 1.25. The first-order chi connectivity index (χ1) is 8.88. The van der Waals surface area contributed by atoms with E-state index in [0.29, 0.717) is 18.0 Å². The first-order valence-corrected chi connectivity index (χ1v) is 6.52. The van der Waals surface area contributed by atoms with Gasteiger partial charge in [-0.25, -0.2) is 0 Å². The maximum atomic E-state index is 12.3. The van der Waals surface area contributed by atoms with Crippen molar-refractivity contribution >= 4 is 5.91 Å². The van der Waals surface area contributed by atoms with Crippen LogP contribution in [0.4, 0.5) is 0 Å². The zero-order chi connectivity index (χ0) is 14.2. The minimum Gasteiger partial charge on any atom is -0.393 e. The number of nitrogens with zero attached hydrogens (tertiary/aromatic N) is 1. The Morgan fingerprint density at radius 3 is 2.63 bits per heavy atom. The van der Waals surface area contributed by atoms with Gasteiger partial charge in [0.1, 0.15) is 5.56 Å². The molecule has 2 N–H and O–H groups in total. The number of pyridine rings is 1. The SMILES string of the molecule is Cc1cc(C)c(C(=O)N(C)CC2CC(O)C2)c(=O)[nH]1. The number of aromatic nitrogens is 1. The number of aliphatic hydroxyl groups excluding tert-OH is 1. The van der Waals surface area contributed by atoms with Crippen LogP contribution in [0.2, 0.25) is 0 Å². The lowest BCUT2D eigenvalue weighted by molar-refractivity contribution is 0.0264. The van der Waals surface area contributed by atoms with E-state index in [-0.39, 0.29) is 23.1 Å². The van der Waals surface area contributed by atoms with Crippen LogP contribution in [-0.2, 0) is 0 Å². The fourth-order valence-corrected chi connectivity index (χ4v) is 2.63. The van der Waals surface area contributed by atoms with Gasteiger partial charge in [-0.05, 0) is 44.2 Å². The predicted molar refractivity (Wildman–Crippen MR) is 72.2 cm³/mol. The molecule has 0 saturated heterocycles. The van der Waals surface area contributed by atoms with E-state index in [4.69, 9.17) is 0 Å². The minimum absolute atomic E-state index is 0.216. The molecule has 1 aliphatic rings. The Labute approximate surface area is 112 Å². The maximum absolute atomic E-state index is 12.3. The zero-order valence-electron chi connectivity index (χ0n) is 11.6. The van der Waals surface area contributed by atoms with E-state index in [0.717, 1.165) is 18.5 Å². The largest absolute Gasteiger partial charge is 0.393 e. The topological polar surface area (TPSA) is 73.4 Å². The van der Waals surface area contributed by atoms with Crippen LogP contribution in [0.5, 0.6) is 0 Å². The minimum atomic E-state index is -0.331. The molecule has 2 rings (SSSR count). The lowest BCUT2D eigenvalue weighted by Crippen LogP contribution is -2.41. The molecule has 1 fully saturated rings. The smallest absolute Gasteiger partial charge is 0.261 e. The number of carbonyl (C=O) groups excluding carboxylic acids is 1. The van der Waals surface area contributed by atoms with Gasteiger partial charge in [0, 0.05) is 19.3 Å². The Morgan fingerprint density at radius 2 is 2.11 bits per heavy atom. The van der Waals surface area contributed by atoms with E-state index in [1.54, 1.807) is 31.9 Å². The Hall–Kier alpha value is -1.62. The van der Waals surface area contributed by atoms with Gasteiger partial charge in [-0.2, -0.15) is 0 Å². The van der Waals surface area contributed by atoms with Crippen LogP contribution >= 0.6 is 0 Å². The van der Waals surface area contributed by atoms with E-state index in [9.17, 15) is 14.7 Å². The van der Waals surface area contributed by atoms with Gasteiger partial charge in [-0.15, -0.1) is 0 Å². The number of aliphatic hydroxyl groups is 1. The molecule has 0 aromatic carbocycles. The first-order valence-electron chi connectivity index (χ1n) is 6.52. The summed E-state index contributed by atoms with van der Waals surface area (Å²) >= 11 is 0. The fraction of sp³-hybridized carbons (Fsp3) is 0.571. The summed E-state index contributed by atoms with van der Waals surface area (Å²) in [5.74, 6) is 0.0916. The van der Waals surface area contributed by atoms with Crippen LogP contribution < -0.4 is 5.56 Å². The van der Waals surface area contributed by atoms with Crippen LogP contribution in [0.25, 0.3) is 0 Å². The standard InChI is InChI=1S/C14H20N2O3/c1-8-4-9(2)15-13(18)12(8)14(19)16(3)7-10-5-11(17)6-10/h4,10-11,17H,5-7H2,1-3H3,(H,15,18). The second-order valence-electron chi connectivity index (χ2n) is 5.52. The summed E-state index contributed by atoms with van der Waals surface area (Å²) in [6, 6.07) is 1.80. The van der Waals surface area contributed by atoms with Gasteiger partial charge in [0.25, 0.3) is 11.5 Å². The fourth-order valence-electron chi connectivity index (χ4n) is 2.63. The van der Waals surface area contributed by atoms with Gasteiger partial charge in [-0.3, -0.25) is 9.59 Å². The molecule has 0 atom stereocenters. The monoisotopic (exact) mass is 264 g/mol. The summed E-state index contributed by atoms with van der Waals surface area (Å²) in [5, 5.41) is 9.25. The highest BCUT2D eigenvalue weighted by Crippen LogP contribution is 2.27. The van der Waals surface area contributed by atoms with E-state index in [1.165, 1.54) is 0 Å². The van der Waals surface area contributed by atoms with Crippen molar-refractivity contribution in [3.63, 3.8) is 0 Å². The molecule has 0 radical (unpaired) electrons. The third-order valence-corrected chi connectivity index (χ3v) is 3.67. The molecule has 5 heteroatoms. The van der Waals surface area contributed by atoms with Crippen LogP contribution in [0, 0.1) is 19.8 Å². The number of carbonyl (C=O) groups is 1. The molecular weight excluding hydrogens is 244 g/mol. The second kappa shape index (κ2) is 5.17. The van der Waals surface area contributed by atoms with E-state index in [1.807, 2.05) is 0 Å². The number of H-pyrrole nitrogens is 1. The van der Waals surface area contributed by atoms with Crippen molar-refractivity contribution in [3.8, 4) is 0 Å². The summed E-state index contributed by atoms with van der Waals surface area (Å²) in [7, 11) is 1.70. The van der Waals surface area contributed by atoms with Gasteiger partial charge >= 0.3 is 0 Å². The number of nitrogens with one attached hydrogen (secondary N) is 1. The van der Waals surface area contributed by atoms with Crippen LogP contribution in [-0.4, -0.2) is 40.6 Å². The van der Waals surface area contributed by atoms with Crippen LogP contribution in [0.15, 0.2) is 10.9 Å². The molecule has 0 aliphatic heterocycles. The number of aryl methyl sites for hydroxylation is 2. The quantitative estimate of drug-likeness (QED) is 0.849. The van der Waals surface area contributed by atoms with Crippen molar-refractivity contribution < 1.29 is 9.90 Å². The van der Waals surface area contributed by atoms with Crippen molar-refractivity contribution in [2.24, 2.45) is 5.92 Å². The van der Waals surface area contributed by atoms with Crippen molar-refractivity contribution in [2.45, 2.75) is 32.8 Å². The van der Waals surface area contributed by atoms with Gasteiger partial charge < -0.3 is 15.0 Å². The van der Waals surface area contributed by atoms with Crippen molar-refractivity contribution in [2.75, 3.05) is 13.6 Å². The molecule has 0 spiro atoms. The van der Waals surface area contributed by atoms with Crippen molar-refractivity contribution in [1.29, 1.82) is 0 Å². The molecular formula is C14H20N2O3. The van der Waals surface area contributed by atoms with E-state index >= 15 is 0 Å². The molecule has 1 amide bonds. The Bertz CT molecular complexity index is 544. The number of rotatable bonds is 3. The van der Waals surface area contributed by atoms with Gasteiger partial charge in [0.2, 0.25) is 0 Å². The van der Waals surface area contributed by atoms with Crippen LogP contribution in [0.3, 0.4) is 0 Å².